The molecule has 0 saturated heterocycles. The van der Waals surface area contributed by atoms with Crippen molar-refractivity contribution >= 4 is 5.97 Å². The maximum absolute atomic E-state index is 12.6. The summed E-state index contributed by atoms with van der Waals surface area (Å²) in [6.07, 6.45) is -4.61. The molecule has 0 saturated carbocycles. The summed E-state index contributed by atoms with van der Waals surface area (Å²) in [5.74, 6) is 3.03. The van der Waals surface area contributed by atoms with Crippen LogP contribution in [0.3, 0.4) is 0 Å². The summed E-state index contributed by atoms with van der Waals surface area (Å²) >= 11 is 0. The fourth-order valence-electron chi connectivity index (χ4n) is 1.23. The number of alkyl halides is 3. The molecule has 1 rings (SSSR count). The highest BCUT2D eigenvalue weighted by Gasteiger charge is 2.34. The van der Waals surface area contributed by atoms with Crippen molar-refractivity contribution in [1.82, 2.24) is 0 Å². The van der Waals surface area contributed by atoms with Crippen LogP contribution in [0.15, 0.2) is 18.2 Å². The van der Waals surface area contributed by atoms with E-state index in [9.17, 15) is 18.0 Å². The fraction of sp³-hybridized carbons (Fsp3) is 0.182. The molecule has 0 fully saturated rings. The van der Waals surface area contributed by atoms with Crippen LogP contribution >= 0.6 is 0 Å². The molecule has 0 bridgehead atoms. The highest BCUT2D eigenvalue weighted by atomic mass is 19.4. The SMILES string of the molecule is CC#Cc1c(C(=O)O)cccc1C(F)(F)F. The van der Waals surface area contributed by atoms with Gasteiger partial charge in [0.2, 0.25) is 0 Å². The molecule has 2 nitrogen and oxygen atoms in total. The lowest BCUT2D eigenvalue weighted by molar-refractivity contribution is -0.137. The van der Waals surface area contributed by atoms with Gasteiger partial charge in [0.1, 0.15) is 0 Å². The summed E-state index contributed by atoms with van der Waals surface area (Å²) in [4.78, 5) is 10.7. The maximum atomic E-state index is 12.6. The zero-order valence-corrected chi connectivity index (χ0v) is 8.22. The highest BCUT2D eigenvalue weighted by Crippen LogP contribution is 2.32. The monoisotopic (exact) mass is 228 g/mol. The minimum Gasteiger partial charge on any atom is -0.478 e. The summed E-state index contributed by atoms with van der Waals surface area (Å²) < 4.78 is 37.7. The van der Waals surface area contributed by atoms with Crippen LogP contribution < -0.4 is 0 Å². The Balaban J connectivity index is 3.55. The van der Waals surface area contributed by atoms with Crippen molar-refractivity contribution in [2.45, 2.75) is 13.1 Å². The van der Waals surface area contributed by atoms with Crippen LogP contribution in [0.1, 0.15) is 28.4 Å². The van der Waals surface area contributed by atoms with Gasteiger partial charge in [0.15, 0.2) is 0 Å². The van der Waals surface area contributed by atoms with Gasteiger partial charge < -0.3 is 5.11 Å². The van der Waals surface area contributed by atoms with E-state index in [-0.39, 0.29) is 0 Å². The number of halogens is 3. The second-order valence-corrected chi connectivity index (χ2v) is 2.91. The van der Waals surface area contributed by atoms with Crippen molar-refractivity contribution in [3.63, 3.8) is 0 Å². The minimum absolute atomic E-state index is 0.441. The van der Waals surface area contributed by atoms with Crippen LogP contribution in [-0.4, -0.2) is 11.1 Å². The number of aromatic carboxylic acids is 1. The summed E-state index contributed by atoms with van der Waals surface area (Å²) in [5.41, 5.74) is -1.96. The van der Waals surface area contributed by atoms with Gasteiger partial charge >= 0.3 is 12.1 Å². The average Bonchev–Trinajstić information content (AvgIpc) is 2.16. The van der Waals surface area contributed by atoms with E-state index in [1.54, 1.807) is 0 Å². The second-order valence-electron chi connectivity index (χ2n) is 2.91. The molecule has 0 spiro atoms. The number of carbonyl (C=O) groups is 1. The topological polar surface area (TPSA) is 37.3 Å². The summed E-state index contributed by atoms with van der Waals surface area (Å²) in [6, 6.07) is 2.95. The fourth-order valence-corrected chi connectivity index (χ4v) is 1.23. The number of benzene rings is 1. The minimum atomic E-state index is -4.61. The average molecular weight is 228 g/mol. The predicted octanol–water partition coefficient (Wildman–Crippen LogP) is 2.78. The Morgan fingerprint density at radius 3 is 2.44 bits per heavy atom. The van der Waals surface area contributed by atoms with E-state index in [2.05, 4.69) is 11.8 Å². The lowest BCUT2D eigenvalue weighted by Gasteiger charge is -2.10. The van der Waals surface area contributed by atoms with Gasteiger partial charge in [-0.05, 0) is 19.1 Å². The maximum Gasteiger partial charge on any atom is 0.417 e. The molecule has 0 aliphatic carbocycles. The van der Waals surface area contributed by atoms with Crippen molar-refractivity contribution in [2.24, 2.45) is 0 Å². The Bertz CT molecular complexity index is 478. The van der Waals surface area contributed by atoms with Crippen molar-refractivity contribution < 1.29 is 23.1 Å². The normalized spacial score (nSPS) is 10.5. The Kier molecular flexibility index (Phi) is 3.23. The lowest BCUT2D eigenvalue weighted by Crippen LogP contribution is -2.11. The van der Waals surface area contributed by atoms with Gasteiger partial charge in [-0.25, -0.2) is 4.79 Å². The molecule has 0 aliphatic heterocycles. The van der Waals surface area contributed by atoms with Crippen molar-refractivity contribution in [3.8, 4) is 11.8 Å². The Morgan fingerprint density at radius 2 is 2.00 bits per heavy atom. The molecule has 1 aromatic carbocycles. The molecule has 5 heteroatoms. The van der Waals surface area contributed by atoms with Crippen LogP contribution in [0.4, 0.5) is 13.2 Å². The molecule has 84 valence electrons. The lowest BCUT2D eigenvalue weighted by atomic mass is 10.0. The number of rotatable bonds is 1. The van der Waals surface area contributed by atoms with Crippen LogP contribution in [-0.2, 0) is 6.18 Å². The van der Waals surface area contributed by atoms with Gasteiger partial charge in [-0.2, -0.15) is 13.2 Å². The Morgan fingerprint density at radius 1 is 1.38 bits per heavy atom. The first-order valence-corrected chi connectivity index (χ1v) is 4.24. The molecule has 0 heterocycles. The van der Waals surface area contributed by atoms with Gasteiger partial charge in [0.25, 0.3) is 0 Å². The molecule has 0 amide bonds. The van der Waals surface area contributed by atoms with E-state index in [0.717, 1.165) is 18.2 Å². The summed E-state index contributed by atoms with van der Waals surface area (Å²) in [5, 5.41) is 8.75. The van der Waals surface area contributed by atoms with Crippen molar-refractivity contribution in [2.75, 3.05) is 0 Å². The standard InChI is InChI=1S/C11H7F3O2/c1-2-4-7-8(10(15)16)5-3-6-9(7)11(12,13)14/h3,5-6H,1H3,(H,15,16). The first-order chi connectivity index (χ1) is 7.38. The van der Waals surface area contributed by atoms with Crippen molar-refractivity contribution in [3.05, 3.63) is 34.9 Å². The molecular formula is C11H7F3O2. The van der Waals surface area contributed by atoms with Gasteiger partial charge in [-0.15, -0.1) is 5.92 Å². The first kappa shape index (κ1) is 12.1. The third kappa shape index (κ3) is 2.34. The van der Waals surface area contributed by atoms with Crippen LogP contribution in [0.5, 0.6) is 0 Å². The predicted molar refractivity (Wildman–Crippen MR) is 51.0 cm³/mol. The molecule has 0 atom stereocenters. The molecule has 0 radical (unpaired) electrons. The highest BCUT2D eigenvalue weighted by molar-refractivity contribution is 5.91. The number of carboxylic acid groups (broad SMARTS) is 1. The van der Waals surface area contributed by atoms with E-state index in [1.807, 2.05) is 0 Å². The van der Waals surface area contributed by atoms with E-state index < -0.39 is 28.8 Å². The van der Waals surface area contributed by atoms with Gasteiger partial charge in [-0.1, -0.05) is 12.0 Å². The third-order valence-electron chi connectivity index (χ3n) is 1.85. The van der Waals surface area contributed by atoms with E-state index in [4.69, 9.17) is 5.11 Å². The summed E-state index contributed by atoms with van der Waals surface area (Å²) in [7, 11) is 0. The quantitative estimate of drug-likeness (QED) is 0.750. The number of hydrogen-bond donors (Lipinski definition) is 1. The molecule has 0 aromatic heterocycles. The van der Waals surface area contributed by atoms with E-state index in [0.29, 0.717) is 0 Å². The Labute approximate surface area is 89.7 Å². The summed E-state index contributed by atoms with van der Waals surface area (Å²) in [6.45, 7) is 1.35. The van der Waals surface area contributed by atoms with Gasteiger partial charge in [-0.3, -0.25) is 0 Å². The molecule has 0 unspecified atom stereocenters. The van der Waals surface area contributed by atoms with Crippen LogP contribution in [0, 0.1) is 11.8 Å². The van der Waals surface area contributed by atoms with E-state index >= 15 is 0 Å². The molecule has 0 aliphatic rings. The van der Waals surface area contributed by atoms with Crippen LogP contribution in [0.2, 0.25) is 0 Å². The zero-order valence-electron chi connectivity index (χ0n) is 8.22. The number of hydrogen-bond acceptors (Lipinski definition) is 1. The van der Waals surface area contributed by atoms with Crippen LogP contribution in [0.25, 0.3) is 0 Å². The Hall–Kier alpha value is -1.96. The van der Waals surface area contributed by atoms with Crippen molar-refractivity contribution in [1.29, 1.82) is 0 Å². The molecule has 1 aromatic rings. The van der Waals surface area contributed by atoms with Gasteiger partial charge in [0.05, 0.1) is 16.7 Å². The third-order valence-corrected chi connectivity index (χ3v) is 1.85. The molecule has 16 heavy (non-hydrogen) atoms. The number of carboxylic acids is 1. The van der Waals surface area contributed by atoms with Gasteiger partial charge in [0, 0.05) is 0 Å². The smallest absolute Gasteiger partial charge is 0.417 e. The zero-order chi connectivity index (χ0) is 12.3. The first-order valence-electron chi connectivity index (χ1n) is 4.24. The molecule has 1 N–H and O–H groups in total. The largest absolute Gasteiger partial charge is 0.478 e. The molecular weight excluding hydrogens is 221 g/mol. The van der Waals surface area contributed by atoms with E-state index in [1.165, 1.54) is 6.92 Å². The second kappa shape index (κ2) is 4.27.